The minimum atomic E-state index is 0.700. The van der Waals surface area contributed by atoms with Gasteiger partial charge in [0.15, 0.2) is 0 Å². The fourth-order valence-corrected chi connectivity index (χ4v) is 2.04. The van der Waals surface area contributed by atoms with E-state index in [1.54, 1.807) is 0 Å². The van der Waals surface area contributed by atoms with Crippen LogP contribution in [-0.4, -0.2) is 6.54 Å². The van der Waals surface area contributed by atoms with Crippen LogP contribution in [0.25, 0.3) is 10.8 Å². The van der Waals surface area contributed by atoms with E-state index < -0.39 is 0 Å². The van der Waals surface area contributed by atoms with Gasteiger partial charge in [0.25, 0.3) is 0 Å². The molecule has 0 aliphatic carbocycles. The van der Waals surface area contributed by atoms with E-state index in [0.717, 1.165) is 10.9 Å². The summed E-state index contributed by atoms with van der Waals surface area (Å²) in [7, 11) is 0. The van der Waals surface area contributed by atoms with E-state index in [2.05, 4.69) is 52.3 Å². The first kappa shape index (κ1) is 9.69. The minimum absolute atomic E-state index is 0.700. The van der Waals surface area contributed by atoms with E-state index in [-0.39, 0.29) is 0 Å². The molecule has 0 heterocycles. The van der Waals surface area contributed by atoms with E-state index in [0.29, 0.717) is 6.54 Å². The van der Waals surface area contributed by atoms with Gasteiger partial charge in [0, 0.05) is 4.47 Å². The van der Waals surface area contributed by atoms with Crippen LogP contribution in [-0.2, 0) is 6.42 Å². The summed E-state index contributed by atoms with van der Waals surface area (Å²) in [6, 6.07) is 12.7. The van der Waals surface area contributed by atoms with Gasteiger partial charge in [0.1, 0.15) is 0 Å². The van der Waals surface area contributed by atoms with Crippen LogP contribution in [0.4, 0.5) is 0 Å². The second-order valence-electron chi connectivity index (χ2n) is 3.32. The van der Waals surface area contributed by atoms with Crippen LogP contribution in [0.3, 0.4) is 0 Å². The summed E-state index contributed by atoms with van der Waals surface area (Å²) in [5.74, 6) is 0. The maximum Gasteiger partial charge on any atom is 0.0181 e. The van der Waals surface area contributed by atoms with Gasteiger partial charge in [-0.1, -0.05) is 40.2 Å². The van der Waals surface area contributed by atoms with Crippen molar-refractivity contribution in [3.8, 4) is 0 Å². The predicted octanol–water partition coefficient (Wildman–Crippen LogP) is 3.10. The van der Waals surface area contributed by atoms with Gasteiger partial charge in [-0.2, -0.15) is 0 Å². The summed E-state index contributed by atoms with van der Waals surface area (Å²) in [6.07, 6.45) is 0.938. The van der Waals surface area contributed by atoms with Crippen molar-refractivity contribution in [1.29, 1.82) is 0 Å². The topological polar surface area (TPSA) is 26.0 Å². The molecule has 0 saturated carbocycles. The molecular weight excluding hydrogens is 238 g/mol. The maximum absolute atomic E-state index is 5.58. The normalized spacial score (nSPS) is 10.7. The van der Waals surface area contributed by atoms with Gasteiger partial charge in [0.2, 0.25) is 0 Å². The summed E-state index contributed by atoms with van der Waals surface area (Å²) in [6.45, 7) is 0.700. The number of hydrogen-bond acceptors (Lipinski definition) is 1. The number of fused-ring (bicyclic) bond motifs is 1. The Balaban J connectivity index is 2.64. The SMILES string of the molecule is NCCc1cccc2ccc(Br)cc12. The van der Waals surface area contributed by atoms with Crippen molar-refractivity contribution in [2.45, 2.75) is 6.42 Å². The van der Waals surface area contributed by atoms with Crippen molar-refractivity contribution >= 4 is 26.7 Å². The van der Waals surface area contributed by atoms with Gasteiger partial charge in [-0.15, -0.1) is 0 Å². The Morgan fingerprint density at radius 3 is 2.79 bits per heavy atom. The second-order valence-corrected chi connectivity index (χ2v) is 4.24. The molecular formula is C12H12BrN. The molecule has 2 aromatic rings. The molecule has 0 atom stereocenters. The second kappa shape index (κ2) is 4.11. The zero-order valence-electron chi connectivity index (χ0n) is 7.83. The molecule has 0 bridgehead atoms. The van der Waals surface area contributed by atoms with E-state index in [9.17, 15) is 0 Å². The molecule has 0 aliphatic rings. The lowest BCUT2D eigenvalue weighted by atomic mass is 10.0. The average molecular weight is 250 g/mol. The summed E-state index contributed by atoms with van der Waals surface area (Å²) in [5.41, 5.74) is 6.90. The standard InChI is InChI=1S/C12H12BrN/c13-11-5-4-9-2-1-3-10(6-7-14)12(9)8-11/h1-5,8H,6-7,14H2. The third kappa shape index (κ3) is 1.81. The van der Waals surface area contributed by atoms with Crippen LogP contribution in [0.15, 0.2) is 40.9 Å². The Bertz CT molecular complexity index is 451. The Morgan fingerprint density at radius 2 is 2.00 bits per heavy atom. The van der Waals surface area contributed by atoms with Gasteiger partial charge in [0.05, 0.1) is 0 Å². The highest BCUT2D eigenvalue weighted by atomic mass is 79.9. The zero-order valence-corrected chi connectivity index (χ0v) is 9.42. The summed E-state index contributed by atoms with van der Waals surface area (Å²) < 4.78 is 1.12. The fourth-order valence-electron chi connectivity index (χ4n) is 1.68. The van der Waals surface area contributed by atoms with Crippen molar-refractivity contribution in [2.24, 2.45) is 5.73 Å². The molecule has 0 unspecified atom stereocenters. The molecule has 0 aromatic heterocycles. The Labute approximate surface area is 92.1 Å². The third-order valence-electron chi connectivity index (χ3n) is 2.35. The van der Waals surface area contributed by atoms with Gasteiger partial charge in [-0.05, 0) is 41.4 Å². The van der Waals surface area contributed by atoms with Crippen molar-refractivity contribution in [3.05, 3.63) is 46.4 Å². The van der Waals surface area contributed by atoms with E-state index in [1.165, 1.54) is 16.3 Å². The quantitative estimate of drug-likeness (QED) is 0.870. The summed E-state index contributed by atoms with van der Waals surface area (Å²) >= 11 is 3.49. The highest BCUT2D eigenvalue weighted by Gasteiger charge is 2.00. The number of rotatable bonds is 2. The first-order chi connectivity index (χ1) is 6.81. The summed E-state index contributed by atoms with van der Waals surface area (Å²) in [4.78, 5) is 0. The van der Waals surface area contributed by atoms with Crippen molar-refractivity contribution < 1.29 is 0 Å². The number of benzene rings is 2. The molecule has 2 aromatic carbocycles. The van der Waals surface area contributed by atoms with Gasteiger partial charge >= 0.3 is 0 Å². The first-order valence-corrected chi connectivity index (χ1v) is 5.48. The van der Waals surface area contributed by atoms with E-state index >= 15 is 0 Å². The van der Waals surface area contributed by atoms with E-state index in [4.69, 9.17) is 5.73 Å². The largest absolute Gasteiger partial charge is 0.330 e. The van der Waals surface area contributed by atoms with Gasteiger partial charge < -0.3 is 5.73 Å². The molecule has 0 fully saturated rings. The molecule has 2 rings (SSSR count). The zero-order chi connectivity index (χ0) is 9.97. The van der Waals surface area contributed by atoms with Crippen molar-refractivity contribution in [2.75, 3.05) is 6.54 Å². The van der Waals surface area contributed by atoms with Crippen LogP contribution < -0.4 is 5.73 Å². The minimum Gasteiger partial charge on any atom is -0.330 e. The predicted molar refractivity (Wildman–Crippen MR) is 64.4 cm³/mol. The highest BCUT2D eigenvalue weighted by molar-refractivity contribution is 9.10. The molecule has 1 nitrogen and oxygen atoms in total. The number of hydrogen-bond donors (Lipinski definition) is 1. The van der Waals surface area contributed by atoms with Crippen LogP contribution in [0, 0.1) is 0 Å². The highest BCUT2D eigenvalue weighted by Crippen LogP contribution is 2.23. The monoisotopic (exact) mass is 249 g/mol. The first-order valence-electron chi connectivity index (χ1n) is 4.68. The lowest BCUT2D eigenvalue weighted by Gasteiger charge is -2.05. The fraction of sp³-hybridized carbons (Fsp3) is 0.167. The molecule has 72 valence electrons. The van der Waals surface area contributed by atoms with Crippen molar-refractivity contribution in [1.82, 2.24) is 0 Å². The Morgan fingerprint density at radius 1 is 1.14 bits per heavy atom. The molecule has 0 amide bonds. The molecule has 0 radical (unpaired) electrons. The summed E-state index contributed by atoms with van der Waals surface area (Å²) in [5, 5.41) is 2.58. The maximum atomic E-state index is 5.58. The molecule has 14 heavy (non-hydrogen) atoms. The van der Waals surface area contributed by atoms with E-state index in [1.807, 2.05) is 0 Å². The Hall–Kier alpha value is -0.860. The lowest BCUT2D eigenvalue weighted by molar-refractivity contribution is 0.977. The van der Waals surface area contributed by atoms with Crippen LogP contribution in [0.1, 0.15) is 5.56 Å². The Kier molecular flexibility index (Phi) is 2.85. The van der Waals surface area contributed by atoms with Crippen LogP contribution >= 0.6 is 15.9 Å². The molecule has 2 heteroatoms. The van der Waals surface area contributed by atoms with Crippen molar-refractivity contribution in [3.63, 3.8) is 0 Å². The molecule has 0 saturated heterocycles. The number of nitrogens with two attached hydrogens (primary N) is 1. The molecule has 2 N–H and O–H groups in total. The average Bonchev–Trinajstić information content (AvgIpc) is 2.19. The van der Waals surface area contributed by atoms with Crippen LogP contribution in [0.2, 0.25) is 0 Å². The number of halogens is 1. The molecule has 0 aliphatic heterocycles. The molecule has 0 spiro atoms. The van der Waals surface area contributed by atoms with Gasteiger partial charge in [-0.3, -0.25) is 0 Å². The van der Waals surface area contributed by atoms with Crippen LogP contribution in [0.5, 0.6) is 0 Å². The lowest BCUT2D eigenvalue weighted by Crippen LogP contribution is -2.02. The smallest absolute Gasteiger partial charge is 0.0181 e. The van der Waals surface area contributed by atoms with Gasteiger partial charge in [-0.25, -0.2) is 0 Å². The third-order valence-corrected chi connectivity index (χ3v) is 2.84.